The van der Waals surface area contributed by atoms with Gasteiger partial charge in [-0.1, -0.05) is 43.3 Å². The van der Waals surface area contributed by atoms with Gasteiger partial charge in [0, 0.05) is 31.4 Å². The summed E-state index contributed by atoms with van der Waals surface area (Å²) in [6.45, 7) is 8.12. The zero-order chi connectivity index (χ0) is 23.0. The normalized spacial score (nSPS) is 28.1. The van der Waals surface area contributed by atoms with E-state index in [1.54, 1.807) is 11.0 Å². The second kappa shape index (κ2) is 8.90. The zero-order valence-corrected chi connectivity index (χ0v) is 19.6. The van der Waals surface area contributed by atoms with E-state index in [0.29, 0.717) is 17.6 Å². The van der Waals surface area contributed by atoms with Crippen molar-refractivity contribution in [3.8, 4) is 0 Å². The Bertz CT molecular complexity index is 1040. The van der Waals surface area contributed by atoms with Gasteiger partial charge in [0.2, 0.25) is 0 Å². The standard InChI is InChI=1S/C27H33FN4O/c1-3-30-15-13-27(18-20(30)2)25(29-26(33)32(27)24-11-7-10-23(28)17-24)31-14-12-22(19-31)16-21-8-5-4-6-9-21/h4-11,17,20,22H,3,12-16,18-19H2,1-2H3/t20-,22?,27+/m0/s1. The molecule has 0 N–H and O–H groups in total. The van der Waals surface area contributed by atoms with Gasteiger partial charge >= 0.3 is 6.03 Å². The Balaban J connectivity index is 1.45. The molecule has 3 heterocycles. The van der Waals surface area contributed by atoms with Crippen molar-refractivity contribution in [2.24, 2.45) is 10.9 Å². The molecule has 0 radical (unpaired) electrons. The summed E-state index contributed by atoms with van der Waals surface area (Å²) in [6, 6.07) is 17.1. The van der Waals surface area contributed by atoms with Crippen LogP contribution in [0.5, 0.6) is 0 Å². The van der Waals surface area contributed by atoms with Gasteiger partial charge in [-0.15, -0.1) is 0 Å². The van der Waals surface area contributed by atoms with Crippen molar-refractivity contribution in [2.75, 3.05) is 31.1 Å². The SMILES string of the molecule is CCN1CC[C@@]2(C[C@@H]1C)C(N1CCC(Cc3ccccc3)C1)=NC(=O)N2c1cccc(F)c1. The fourth-order valence-corrected chi connectivity index (χ4v) is 6.15. The summed E-state index contributed by atoms with van der Waals surface area (Å²) in [6.07, 6.45) is 3.75. The third kappa shape index (κ3) is 4.05. The number of hydrogen-bond donors (Lipinski definition) is 0. The number of benzene rings is 2. The maximum absolute atomic E-state index is 14.2. The van der Waals surface area contributed by atoms with Crippen molar-refractivity contribution in [1.29, 1.82) is 0 Å². The van der Waals surface area contributed by atoms with Crippen LogP contribution in [-0.4, -0.2) is 59.4 Å². The van der Waals surface area contributed by atoms with Gasteiger partial charge in [0.15, 0.2) is 0 Å². The molecule has 0 saturated carbocycles. The molecule has 3 aliphatic heterocycles. The molecule has 0 aliphatic carbocycles. The summed E-state index contributed by atoms with van der Waals surface area (Å²) in [5.74, 6) is 1.11. The Kier molecular flexibility index (Phi) is 5.95. The molecule has 2 aromatic rings. The lowest BCUT2D eigenvalue weighted by Crippen LogP contribution is -2.63. The smallest absolute Gasteiger partial charge is 0.350 e. The first-order valence-electron chi connectivity index (χ1n) is 12.2. The molecule has 0 bridgehead atoms. The van der Waals surface area contributed by atoms with Crippen molar-refractivity contribution in [2.45, 2.75) is 51.1 Å². The Morgan fingerprint density at radius 1 is 1.12 bits per heavy atom. The summed E-state index contributed by atoms with van der Waals surface area (Å²) in [5.41, 5.74) is 1.45. The van der Waals surface area contributed by atoms with Crippen LogP contribution in [0.25, 0.3) is 0 Å². The van der Waals surface area contributed by atoms with E-state index in [-0.39, 0.29) is 11.8 Å². The van der Waals surface area contributed by atoms with Crippen molar-refractivity contribution in [3.63, 3.8) is 0 Å². The number of nitrogens with zero attached hydrogens (tertiary/aromatic N) is 4. The number of carbonyl (C=O) groups excluding carboxylic acids is 1. The van der Waals surface area contributed by atoms with E-state index in [0.717, 1.165) is 57.7 Å². The number of aliphatic imine (C=N–C) groups is 1. The number of piperidine rings is 1. The average Bonchev–Trinajstić information content (AvgIpc) is 3.36. The van der Waals surface area contributed by atoms with Crippen LogP contribution in [0.3, 0.4) is 0 Å². The van der Waals surface area contributed by atoms with E-state index in [4.69, 9.17) is 0 Å². The molecule has 33 heavy (non-hydrogen) atoms. The lowest BCUT2D eigenvalue weighted by molar-refractivity contribution is 0.133. The minimum absolute atomic E-state index is 0.265. The number of likely N-dealkylation sites (tertiary alicyclic amines) is 2. The molecule has 2 aromatic carbocycles. The first kappa shape index (κ1) is 22.1. The van der Waals surface area contributed by atoms with Gasteiger partial charge in [-0.2, -0.15) is 4.99 Å². The van der Waals surface area contributed by atoms with Crippen LogP contribution in [-0.2, 0) is 6.42 Å². The van der Waals surface area contributed by atoms with Gasteiger partial charge in [-0.25, -0.2) is 9.18 Å². The summed E-state index contributed by atoms with van der Waals surface area (Å²) in [5, 5.41) is 0. The van der Waals surface area contributed by atoms with Crippen LogP contribution >= 0.6 is 0 Å². The Labute approximate surface area is 195 Å². The number of amidine groups is 1. The van der Waals surface area contributed by atoms with E-state index in [2.05, 4.69) is 59.0 Å². The monoisotopic (exact) mass is 448 g/mol. The molecule has 174 valence electrons. The van der Waals surface area contributed by atoms with Crippen LogP contribution < -0.4 is 4.90 Å². The van der Waals surface area contributed by atoms with Gasteiger partial charge in [0.1, 0.15) is 17.2 Å². The third-order valence-corrected chi connectivity index (χ3v) is 7.73. The van der Waals surface area contributed by atoms with Gasteiger partial charge < -0.3 is 9.80 Å². The maximum Gasteiger partial charge on any atom is 0.350 e. The van der Waals surface area contributed by atoms with Crippen LogP contribution in [0.15, 0.2) is 59.6 Å². The molecule has 3 atom stereocenters. The Morgan fingerprint density at radius 2 is 1.94 bits per heavy atom. The van der Waals surface area contributed by atoms with Crippen LogP contribution in [0.1, 0.15) is 38.7 Å². The molecule has 2 fully saturated rings. The molecule has 6 heteroatoms. The summed E-state index contributed by atoms with van der Waals surface area (Å²) < 4.78 is 14.2. The molecule has 2 amide bonds. The summed E-state index contributed by atoms with van der Waals surface area (Å²) >= 11 is 0. The number of rotatable bonds is 4. The molecule has 1 unspecified atom stereocenters. The predicted molar refractivity (Wildman–Crippen MR) is 130 cm³/mol. The minimum Gasteiger partial charge on any atom is -0.358 e. The molecule has 5 nitrogen and oxygen atoms in total. The Morgan fingerprint density at radius 3 is 2.67 bits per heavy atom. The van der Waals surface area contributed by atoms with Gasteiger partial charge in [0.05, 0.1) is 0 Å². The van der Waals surface area contributed by atoms with Crippen molar-refractivity contribution < 1.29 is 9.18 Å². The highest BCUT2D eigenvalue weighted by atomic mass is 19.1. The van der Waals surface area contributed by atoms with Crippen LogP contribution in [0.2, 0.25) is 0 Å². The first-order valence-corrected chi connectivity index (χ1v) is 12.2. The first-order chi connectivity index (χ1) is 16.0. The van der Waals surface area contributed by atoms with Gasteiger partial charge in [0.25, 0.3) is 0 Å². The summed E-state index contributed by atoms with van der Waals surface area (Å²) in [4.78, 5) is 24.6. The van der Waals surface area contributed by atoms with Crippen molar-refractivity contribution in [1.82, 2.24) is 9.80 Å². The zero-order valence-electron chi connectivity index (χ0n) is 19.6. The highest BCUT2D eigenvalue weighted by molar-refractivity contribution is 6.16. The highest BCUT2D eigenvalue weighted by Gasteiger charge is 2.55. The van der Waals surface area contributed by atoms with E-state index in [1.165, 1.54) is 17.7 Å². The van der Waals surface area contributed by atoms with Gasteiger partial charge in [-0.05, 0) is 68.8 Å². The Hall–Kier alpha value is -2.73. The van der Waals surface area contributed by atoms with E-state index >= 15 is 0 Å². The number of amides is 2. The molecule has 0 aromatic heterocycles. The third-order valence-electron chi connectivity index (χ3n) is 7.73. The van der Waals surface area contributed by atoms with E-state index < -0.39 is 5.54 Å². The topological polar surface area (TPSA) is 39.1 Å². The van der Waals surface area contributed by atoms with Crippen molar-refractivity contribution >= 4 is 17.6 Å². The number of hydrogen-bond acceptors (Lipinski definition) is 3. The molecule has 1 spiro atoms. The van der Waals surface area contributed by atoms with E-state index in [1.807, 2.05) is 6.07 Å². The molecular formula is C27H33FN4O. The van der Waals surface area contributed by atoms with Crippen LogP contribution in [0.4, 0.5) is 14.9 Å². The number of halogens is 1. The average molecular weight is 449 g/mol. The second-order valence-corrected chi connectivity index (χ2v) is 9.79. The lowest BCUT2D eigenvalue weighted by Gasteiger charge is -2.49. The fraction of sp³-hybridized carbons (Fsp3) is 0.481. The highest BCUT2D eigenvalue weighted by Crippen LogP contribution is 2.43. The second-order valence-electron chi connectivity index (χ2n) is 9.79. The predicted octanol–water partition coefficient (Wildman–Crippen LogP) is 4.97. The molecule has 3 aliphatic rings. The molecular weight excluding hydrogens is 415 g/mol. The molecule has 2 saturated heterocycles. The van der Waals surface area contributed by atoms with Crippen molar-refractivity contribution in [3.05, 3.63) is 66.0 Å². The number of anilines is 1. The summed E-state index contributed by atoms with van der Waals surface area (Å²) in [7, 11) is 0. The maximum atomic E-state index is 14.2. The fourth-order valence-electron chi connectivity index (χ4n) is 6.15. The lowest BCUT2D eigenvalue weighted by atomic mass is 9.80. The number of urea groups is 1. The van der Waals surface area contributed by atoms with Gasteiger partial charge in [-0.3, -0.25) is 4.90 Å². The number of carbonyl (C=O) groups is 1. The van der Waals surface area contributed by atoms with Crippen LogP contribution in [0, 0.1) is 11.7 Å². The largest absolute Gasteiger partial charge is 0.358 e. The molecule has 5 rings (SSSR count). The minimum atomic E-state index is -0.516. The quantitative estimate of drug-likeness (QED) is 0.663. The van der Waals surface area contributed by atoms with E-state index in [9.17, 15) is 9.18 Å².